The van der Waals surface area contributed by atoms with Crippen molar-refractivity contribution < 1.29 is 4.79 Å². The second-order valence-electron chi connectivity index (χ2n) is 8.32. The highest BCUT2D eigenvalue weighted by atomic mass is 79.9. The van der Waals surface area contributed by atoms with Gasteiger partial charge in [-0.15, -0.1) is 0 Å². The fourth-order valence-corrected chi connectivity index (χ4v) is 5.16. The predicted molar refractivity (Wildman–Crippen MR) is 144 cm³/mol. The molecule has 0 saturated carbocycles. The van der Waals surface area contributed by atoms with Crippen molar-refractivity contribution in [3.8, 4) is 16.9 Å². The Morgan fingerprint density at radius 3 is 2.35 bits per heavy atom. The van der Waals surface area contributed by atoms with Crippen molar-refractivity contribution in [3.63, 3.8) is 0 Å². The summed E-state index contributed by atoms with van der Waals surface area (Å²) in [6, 6.07) is 12.8. The van der Waals surface area contributed by atoms with Crippen LogP contribution in [-0.4, -0.2) is 50.7 Å². The Morgan fingerprint density at radius 1 is 1.03 bits per heavy atom. The van der Waals surface area contributed by atoms with Gasteiger partial charge in [-0.05, 0) is 56.5 Å². The number of hydrogen-bond acceptors (Lipinski definition) is 3. The lowest BCUT2D eigenvalue weighted by Crippen LogP contribution is -2.49. The first kappa shape index (κ1) is 25.5. The van der Waals surface area contributed by atoms with E-state index in [1.54, 1.807) is 16.8 Å². The summed E-state index contributed by atoms with van der Waals surface area (Å²) in [6.45, 7) is 4.32. The van der Waals surface area contributed by atoms with Gasteiger partial charge in [0.15, 0.2) is 5.69 Å². The van der Waals surface area contributed by atoms with E-state index >= 15 is 0 Å². The first-order valence-corrected chi connectivity index (χ1v) is 13.6. The summed E-state index contributed by atoms with van der Waals surface area (Å²) in [5, 5.41) is 11.3. The Kier molecular flexibility index (Phi) is 8.59. The number of aromatic nitrogens is 2. The maximum atomic E-state index is 13.9. The van der Waals surface area contributed by atoms with Gasteiger partial charge in [-0.3, -0.25) is 9.80 Å². The van der Waals surface area contributed by atoms with Crippen molar-refractivity contribution >= 4 is 56.6 Å². The molecule has 1 saturated heterocycles. The normalized spacial score (nSPS) is 14.4. The Balaban J connectivity index is 1.83. The molecule has 0 spiro atoms. The van der Waals surface area contributed by atoms with Crippen LogP contribution in [0.5, 0.6) is 0 Å². The summed E-state index contributed by atoms with van der Waals surface area (Å²) < 4.78 is 1.74. The van der Waals surface area contributed by atoms with Gasteiger partial charge >= 0.3 is 0 Å². The summed E-state index contributed by atoms with van der Waals surface area (Å²) in [5.41, 5.74) is 3.55. The average molecular weight is 585 g/mol. The van der Waals surface area contributed by atoms with Gasteiger partial charge in [0.1, 0.15) is 0 Å². The molecule has 1 fully saturated rings. The van der Waals surface area contributed by atoms with Crippen LogP contribution >= 0.6 is 50.7 Å². The molecule has 2 aromatic carbocycles. The van der Waals surface area contributed by atoms with Crippen molar-refractivity contribution in [2.45, 2.75) is 32.6 Å². The number of nitrogens with zero attached hydrogens (tertiary/aromatic N) is 4. The average Bonchev–Trinajstić information content (AvgIpc) is 3.17. The van der Waals surface area contributed by atoms with Crippen LogP contribution in [-0.2, 0) is 0 Å². The first-order chi connectivity index (χ1) is 16.4. The molecule has 1 amide bonds. The van der Waals surface area contributed by atoms with Gasteiger partial charge in [-0.1, -0.05) is 69.3 Å². The highest BCUT2D eigenvalue weighted by Crippen LogP contribution is 2.34. The van der Waals surface area contributed by atoms with Crippen LogP contribution in [0.1, 0.15) is 41.7 Å². The van der Waals surface area contributed by atoms with Crippen LogP contribution in [0.3, 0.4) is 0 Å². The zero-order valence-corrected chi connectivity index (χ0v) is 22.8. The van der Waals surface area contributed by atoms with Gasteiger partial charge in [-0.25, -0.2) is 9.69 Å². The third-order valence-electron chi connectivity index (χ3n) is 5.99. The quantitative estimate of drug-likeness (QED) is 0.271. The number of rotatable bonds is 7. The number of benzene rings is 2. The first-order valence-electron chi connectivity index (χ1n) is 11.3. The SMILES string of the molecule is Cc1c(C(=O)N(CCCBr)N2CCCCC2)nn(-c2ccc(Cl)cc2Cl)c1-c1ccc(Cl)cc1. The third-order valence-corrected chi connectivity index (χ3v) is 7.34. The van der Waals surface area contributed by atoms with E-state index in [1.165, 1.54) is 6.42 Å². The van der Waals surface area contributed by atoms with Crippen LogP contribution in [0, 0.1) is 6.92 Å². The van der Waals surface area contributed by atoms with E-state index in [1.807, 2.05) is 42.3 Å². The number of hydrogen-bond donors (Lipinski definition) is 0. The van der Waals surface area contributed by atoms with E-state index in [0.717, 1.165) is 54.5 Å². The van der Waals surface area contributed by atoms with E-state index in [-0.39, 0.29) is 5.91 Å². The van der Waals surface area contributed by atoms with Crippen molar-refractivity contribution in [2.24, 2.45) is 0 Å². The number of piperidine rings is 1. The Hall–Kier alpha value is -1.57. The van der Waals surface area contributed by atoms with E-state index in [9.17, 15) is 4.79 Å². The summed E-state index contributed by atoms with van der Waals surface area (Å²) in [7, 11) is 0. The fraction of sp³-hybridized carbons (Fsp3) is 0.360. The molecule has 180 valence electrons. The minimum atomic E-state index is -0.0978. The number of amides is 1. The van der Waals surface area contributed by atoms with Crippen molar-refractivity contribution in [3.05, 3.63) is 68.8 Å². The Morgan fingerprint density at radius 2 is 1.71 bits per heavy atom. The molecule has 1 aliphatic heterocycles. The molecule has 9 heteroatoms. The lowest BCUT2D eigenvalue weighted by Gasteiger charge is -2.37. The zero-order chi connectivity index (χ0) is 24.2. The highest BCUT2D eigenvalue weighted by Gasteiger charge is 2.30. The standard InChI is InChI=1S/C25H26BrCl3N4O/c1-17-23(25(34)32(15-5-12-26)31-13-3-2-4-14-31)30-33(22-11-10-20(28)16-21(22)29)24(17)18-6-8-19(27)9-7-18/h6-11,16H,2-5,12-15H2,1H3. The molecule has 3 aromatic rings. The molecule has 5 nitrogen and oxygen atoms in total. The maximum absolute atomic E-state index is 13.9. The van der Waals surface area contributed by atoms with E-state index in [4.69, 9.17) is 39.9 Å². The summed E-state index contributed by atoms with van der Waals surface area (Å²) in [5.74, 6) is -0.0978. The van der Waals surface area contributed by atoms with Crippen LogP contribution in [0.4, 0.5) is 0 Å². The molecular weight excluding hydrogens is 559 g/mol. The van der Waals surface area contributed by atoms with Crippen molar-refractivity contribution in [2.75, 3.05) is 25.0 Å². The molecule has 2 heterocycles. The monoisotopic (exact) mass is 582 g/mol. The molecule has 0 aliphatic carbocycles. The molecule has 0 atom stereocenters. The van der Waals surface area contributed by atoms with Crippen molar-refractivity contribution in [1.29, 1.82) is 0 Å². The number of alkyl halides is 1. The summed E-state index contributed by atoms with van der Waals surface area (Å²) in [4.78, 5) is 13.9. The smallest absolute Gasteiger partial charge is 0.270 e. The minimum absolute atomic E-state index is 0.0978. The summed E-state index contributed by atoms with van der Waals surface area (Å²) in [6.07, 6.45) is 4.22. The van der Waals surface area contributed by atoms with E-state index in [2.05, 4.69) is 20.9 Å². The van der Waals surface area contributed by atoms with Crippen LogP contribution in [0.2, 0.25) is 15.1 Å². The Bertz CT molecular complexity index is 1160. The van der Waals surface area contributed by atoms with Gasteiger partial charge in [-0.2, -0.15) is 5.10 Å². The van der Waals surface area contributed by atoms with Gasteiger partial charge in [0.25, 0.3) is 5.91 Å². The lowest BCUT2D eigenvalue weighted by atomic mass is 10.1. The molecule has 0 N–H and O–H groups in total. The maximum Gasteiger partial charge on any atom is 0.288 e. The molecule has 1 aliphatic rings. The predicted octanol–water partition coefficient (Wildman–Crippen LogP) is 7.44. The Labute approximate surface area is 223 Å². The van der Waals surface area contributed by atoms with Crippen molar-refractivity contribution in [1.82, 2.24) is 19.8 Å². The molecule has 4 rings (SSSR count). The topological polar surface area (TPSA) is 41.4 Å². The van der Waals surface area contributed by atoms with Crippen LogP contribution in [0.15, 0.2) is 42.5 Å². The number of carbonyl (C=O) groups is 1. The van der Waals surface area contributed by atoms with Crippen LogP contribution < -0.4 is 0 Å². The number of halogens is 4. The molecular formula is C25H26BrCl3N4O. The minimum Gasteiger partial charge on any atom is -0.270 e. The zero-order valence-electron chi connectivity index (χ0n) is 18.9. The third kappa shape index (κ3) is 5.47. The van der Waals surface area contributed by atoms with Crippen LogP contribution in [0.25, 0.3) is 16.9 Å². The molecule has 34 heavy (non-hydrogen) atoms. The van der Waals surface area contributed by atoms with E-state index < -0.39 is 0 Å². The van der Waals surface area contributed by atoms with E-state index in [0.29, 0.717) is 33.0 Å². The molecule has 1 aromatic heterocycles. The lowest BCUT2D eigenvalue weighted by molar-refractivity contribution is -0.0216. The second kappa shape index (κ2) is 11.4. The largest absolute Gasteiger partial charge is 0.288 e. The highest BCUT2D eigenvalue weighted by molar-refractivity contribution is 9.09. The second-order valence-corrected chi connectivity index (χ2v) is 10.4. The van der Waals surface area contributed by atoms with Gasteiger partial charge < -0.3 is 0 Å². The summed E-state index contributed by atoms with van der Waals surface area (Å²) >= 11 is 22.4. The number of hydrazine groups is 1. The van der Waals surface area contributed by atoms with Gasteiger partial charge in [0.2, 0.25) is 0 Å². The van der Waals surface area contributed by atoms with Gasteiger partial charge in [0, 0.05) is 46.1 Å². The van der Waals surface area contributed by atoms with Gasteiger partial charge in [0.05, 0.1) is 16.4 Å². The number of carbonyl (C=O) groups excluding carboxylic acids is 1. The fourth-order valence-electron chi connectivity index (χ4n) is 4.29. The molecule has 0 radical (unpaired) electrons. The molecule has 0 unspecified atom stereocenters. The molecule has 0 bridgehead atoms.